The van der Waals surface area contributed by atoms with Crippen molar-refractivity contribution in [3.8, 4) is 0 Å². The van der Waals surface area contributed by atoms with Crippen LogP contribution in [0.1, 0.15) is 19.9 Å². The standard InChI is InChI=1S/C11H12BrN3O/c1-6(2)15-11(16)7-4-3-5-8(13)9(7)10(12)14-15/h3-6H,13H2,1-2H3. The van der Waals surface area contributed by atoms with E-state index in [1.165, 1.54) is 4.68 Å². The SMILES string of the molecule is CC(C)n1nc(Br)c2c(N)cccc2c1=O. The van der Waals surface area contributed by atoms with E-state index in [1.54, 1.807) is 18.2 Å². The van der Waals surface area contributed by atoms with Crippen molar-refractivity contribution < 1.29 is 0 Å². The molecule has 0 saturated carbocycles. The first-order chi connectivity index (χ1) is 7.52. The molecule has 1 aromatic carbocycles. The Morgan fingerprint density at radius 3 is 2.75 bits per heavy atom. The van der Waals surface area contributed by atoms with Gasteiger partial charge in [-0.15, -0.1) is 0 Å². The highest BCUT2D eigenvalue weighted by Crippen LogP contribution is 2.25. The Balaban J connectivity index is 2.96. The fourth-order valence-electron chi connectivity index (χ4n) is 1.64. The summed E-state index contributed by atoms with van der Waals surface area (Å²) in [4.78, 5) is 12.1. The number of nitrogens with two attached hydrogens (primary N) is 1. The molecule has 0 aliphatic carbocycles. The Morgan fingerprint density at radius 1 is 1.44 bits per heavy atom. The van der Waals surface area contributed by atoms with Gasteiger partial charge in [-0.2, -0.15) is 5.10 Å². The van der Waals surface area contributed by atoms with Gasteiger partial charge in [0.1, 0.15) is 4.60 Å². The average molecular weight is 282 g/mol. The van der Waals surface area contributed by atoms with E-state index >= 15 is 0 Å². The molecular weight excluding hydrogens is 270 g/mol. The zero-order valence-electron chi connectivity index (χ0n) is 9.07. The molecule has 2 rings (SSSR count). The molecular formula is C11H12BrN3O. The van der Waals surface area contributed by atoms with Crippen molar-refractivity contribution in [3.63, 3.8) is 0 Å². The number of fused-ring (bicyclic) bond motifs is 1. The largest absolute Gasteiger partial charge is 0.398 e. The maximum atomic E-state index is 12.1. The van der Waals surface area contributed by atoms with Crippen LogP contribution in [0.5, 0.6) is 0 Å². The van der Waals surface area contributed by atoms with Crippen LogP contribution in [0.4, 0.5) is 5.69 Å². The Morgan fingerprint density at radius 2 is 2.12 bits per heavy atom. The summed E-state index contributed by atoms with van der Waals surface area (Å²) in [6, 6.07) is 5.32. The molecule has 0 unspecified atom stereocenters. The summed E-state index contributed by atoms with van der Waals surface area (Å²) in [7, 11) is 0. The molecule has 0 bridgehead atoms. The molecule has 0 amide bonds. The first-order valence-corrected chi connectivity index (χ1v) is 5.78. The van der Waals surface area contributed by atoms with E-state index < -0.39 is 0 Å². The van der Waals surface area contributed by atoms with Gasteiger partial charge in [-0.1, -0.05) is 6.07 Å². The normalized spacial score (nSPS) is 11.2. The van der Waals surface area contributed by atoms with E-state index in [-0.39, 0.29) is 11.6 Å². The number of halogens is 1. The lowest BCUT2D eigenvalue weighted by atomic mass is 10.1. The highest BCUT2D eigenvalue weighted by Gasteiger charge is 2.12. The minimum absolute atomic E-state index is 0.0228. The first-order valence-electron chi connectivity index (χ1n) is 4.99. The molecule has 1 aromatic heterocycles. The smallest absolute Gasteiger partial charge is 0.275 e. The fraction of sp³-hybridized carbons (Fsp3) is 0.273. The van der Waals surface area contributed by atoms with Gasteiger partial charge in [0.25, 0.3) is 5.56 Å². The number of nitrogens with zero attached hydrogens (tertiary/aromatic N) is 2. The monoisotopic (exact) mass is 281 g/mol. The number of rotatable bonds is 1. The maximum absolute atomic E-state index is 12.1. The van der Waals surface area contributed by atoms with Crippen LogP contribution in [0.2, 0.25) is 0 Å². The van der Waals surface area contributed by atoms with Gasteiger partial charge in [-0.05, 0) is 41.9 Å². The number of anilines is 1. The quantitative estimate of drug-likeness (QED) is 0.816. The zero-order valence-corrected chi connectivity index (χ0v) is 10.7. The second-order valence-electron chi connectivity index (χ2n) is 3.90. The lowest BCUT2D eigenvalue weighted by molar-refractivity contribution is 0.504. The van der Waals surface area contributed by atoms with Crippen LogP contribution in [-0.4, -0.2) is 9.78 Å². The molecule has 0 fully saturated rings. The number of hydrogen-bond acceptors (Lipinski definition) is 3. The van der Waals surface area contributed by atoms with Crippen LogP contribution in [0, 0.1) is 0 Å². The van der Waals surface area contributed by atoms with Gasteiger partial charge < -0.3 is 5.73 Å². The van der Waals surface area contributed by atoms with Gasteiger partial charge in [0.05, 0.1) is 11.4 Å². The van der Waals surface area contributed by atoms with Crippen molar-refractivity contribution in [2.24, 2.45) is 0 Å². The van der Waals surface area contributed by atoms with Crippen LogP contribution in [0.25, 0.3) is 10.8 Å². The summed E-state index contributed by atoms with van der Waals surface area (Å²) in [5.41, 5.74) is 6.28. The molecule has 0 aliphatic rings. The summed E-state index contributed by atoms with van der Waals surface area (Å²) in [6.45, 7) is 3.83. The van der Waals surface area contributed by atoms with Crippen molar-refractivity contribution in [2.45, 2.75) is 19.9 Å². The summed E-state index contributed by atoms with van der Waals surface area (Å²) in [5, 5.41) is 5.48. The maximum Gasteiger partial charge on any atom is 0.275 e. The predicted octanol–water partition coefficient (Wildman–Crippen LogP) is 2.32. The average Bonchev–Trinajstić information content (AvgIpc) is 2.22. The van der Waals surface area contributed by atoms with E-state index in [9.17, 15) is 4.79 Å². The van der Waals surface area contributed by atoms with Crippen molar-refractivity contribution in [3.05, 3.63) is 33.2 Å². The molecule has 0 aliphatic heterocycles. The van der Waals surface area contributed by atoms with Crippen LogP contribution in [-0.2, 0) is 0 Å². The van der Waals surface area contributed by atoms with Gasteiger partial charge in [-0.25, -0.2) is 4.68 Å². The zero-order chi connectivity index (χ0) is 11.9. The Hall–Kier alpha value is -1.36. The number of hydrogen-bond donors (Lipinski definition) is 1. The van der Waals surface area contributed by atoms with E-state index in [4.69, 9.17) is 5.73 Å². The van der Waals surface area contributed by atoms with Crippen LogP contribution in [0.15, 0.2) is 27.6 Å². The third-order valence-corrected chi connectivity index (χ3v) is 2.98. The van der Waals surface area contributed by atoms with Gasteiger partial charge in [-0.3, -0.25) is 4.79 Å². The molecule has 16 heavy (non-hydrogen) atoms. The molecule has 0 spiro atoms. The van der Waals surface area contributed by atoms with Crippen LogP contribution < -0.4 is 11.3 Å². The Bertz CT molecular complexity index is 604. The fourth-order valence-corrected chi connectivity index (χ4v) is 2.26. The molecule has 0 radical (unpaired) electrons. The van der Waals surface area contributed by atoms with Crippen LogP contribution >= 0.6 is 15.9 Å². The van der Waals surface area contributed by atoms with E-state index in [0.29, 0.717) is 21.1 Å². The minimum atomic E-state index is -0.111. The lowest BCUT2D eigenvalue weighted by Gasteiger charge is -2.11. The van der Waals surface area contributed by atoms with Crippen molar-refractivity contribution in [1.82, 2.24) is 9.78 Å². The van der Waals surface area contributed by atoms with Crippen molar-refractivity contribution >= 4 is 32.4 Å². The first kappa shape index (κ1) is 11.1. The third kappa shape index (κ3) is 1.61. The van der Waals surface area contributed by atoms with Gasteiger partial charge in [0.2, 0.25) is 0 Å². The van der Waals surface area contributed by atoms with Crippen molar-refractivity contribution in [1.29, 1.82) is 0 Å². The number of aromatic nitrogens is 2. The Kier molecular flexibility index (Phi) is 2.71. The molecule has 84 valence electrons. The van der Waals surface area contributed by atoms with Gasteiger partial charge in [0, 0.05) is 11.1 Å². The Labute approximate surface area is 101 Å². The molecule has 1 heterocycles. The summed E-state index contributed by atoms with van der Waals surface area (Å²) in [6.07, 6.45) is 0. The summed E-state index contributed by atoms with van der Waals surface area (Å²) >= 11 is 3.35. The number of nitrogen functional groups attached to an aromatic ring is 1. The van der Waals surface area contributed by atoms with E-state index in [0.717, 1.165) is 0 Å². The minimum Gasteiger partial charge on any atom is -0.398 e. The van der Waals surface area contributed by atoms with Crippen LogP contribution in [0.3, 0.4) is 0 Å². The molecule has 2 N–H and O–H groups in total. The van der Waals surface area contributed by atoms with E-state index in [1.807, 2.05) is 13.8 Å². The third-order valence-electron chi connectivity index (χ3n) is 2.43. The molecule has 2 aromatic rings. The topological polar surface area (TPSA) is 60.9 Å². The van der Waals surface area contributed by atoms with Gasteiger partial charge >= 0.3 is 0 Å². The lowest BCUT2D eigenvalue weighted by Crippen LogP contribution is -2.25. The van der Waals surface area contributed by atoms with Crippen molar-refractivity contribution in [2.75, 3.05) is 5.73 Å². The molecule has 4 nitrogen and oxygen atoms in total. The second-order valence-corrected chi connectivity index (χ2v) is 4.66. The number of benzene rings is 1. The molecule has 5 heteroatoms. The summed E-state index contributed by atoms with van der Waals surface area (Å²) in [5.74, 6) is 0. The molecule has 0 atom stereocenters. The van der Waals surface area contributed by atoms with Gasteiger partial charge in [0.15, 0.2) is 0 Å². The highest BCUT2D eigenvalue weighted by atomic mass is 79.9. The highest BCUT2D eigenvalue weighted by molar-refractivity contribution is 9.10. The predicted molar refractivity (Wildman–Crippen MR) is 68.5 cm³/mol. The summed E-state index contributed by atoms with van der Waals surface area (Å²) < 4.78 is 2.06. The second kappa shape index (κ2) is 3.90. The molecule has 0 saturated heterocycles. The van der Waals surface area contributed by atoms with E-state index in [2.05, 4.69) is 21.0 Å².